The quantitative estimate of drug-likeness (QED) is 0.895. The molecule has 1 aromatic carbocycles. The van der Waals surface area contributed by atoms with Gasteiger partial charge >= 0.3 is 0 Å². The fraction of sp³-hybridized carbons (Fsp3) is 0.500. The van der Waals surface area contributed by atoms with Crippen LogP contribution in [0, 0.1) is 11.7 Å². The molecule has 1 aliphatic heterocycles. The third-order valence-electron chi connectivity index (χ3n) is 3.24. The fourth-order valence-electron chi connectivity index (χ4n) is 2.32. The van der Waals surface area contributed by atoms with E-state index in [2.05, 4.69) is 0 Å². The molecule has 0 saturated carbocycles. The van der Waals surface area contributed by atoms with Crippen LogP contribution in [-0.4, -0.2) is 26.9 Å². The second kappa shape index (κ2) is 5.34. The molecule has 2 rings (SSSR count). The molecule has 4 nitrogen and oxygen atoms in total. The number of ether oxygens (including phenoxy) is 1. The predicted molar refractivity (Wildman–Crippen MR) is 65.9 cm³/mol. The number of hydrogen-bond acceptors (Lipinski definition) is 3. The Kier molecular flexibility index (Phi) is 3.99. The van der Waals surface area contributed by atoms with Crippen LogP contribution in [0.15, 0.2) is 24.3 Å². The zero-order valence-electron chi connectivity index (χ0n) is 9.88. The molecule has 1 heterocycles. The van der Waals surface area contributed by atoms with E-state index < -0.39 is 15.3 Å². The summed E-state index contributed by atoms with van der Waals surface area (Å²) < 4.78 is 41.1. The number of halogens is 1. The first-order chi connectivity index (χ1) is 8.47. The fourth-order valence-corrected chi connectivity index (χ4v) is 3.46. The van der Waals surface area contributed by atoms with Gasteiger partial charge in [0.2, 0.25) is 10.0 Å². The Hall–Kier alpha value is -0.980. The molecule has 0 radical (unpaired) electrons. The highest BCUT2D eigenvalue weighted by Gasteiger charge is 2.33. The molecule has 100 valence electrons. The zero-order chi connectivity index (χ0) is 13.2. The molecule has 0 amide bonds. The molecule has 0 aromatic heterocycles. The topological polar surface area (TPSA) is 69.4 Å². The van der Waals surface area contributed by atoms with Crippen LogP contribution in [-0.2, 0) is 21.2 Å². The van der Waals surface area contributed by atoms with E-state index >= 15 is 0 Å². The molecule has 1 aromatic rings. The van der Waals surface area contributed by atoms with E-state index in [0.717, 1.165) is 5.56 Å². The van der Waals surface area contributed by atoms with Gasteiger partial charge in [-0.15, -0.1) is 0 Å². The van der Waals surface area contributed by atoms with Gasteiger partial charge in [-0.2, -0.15) is 0 Å². The van der Waals surface area contributed by atoms with Gasteiger partial charge in [0, 0.05) is 12.5 Å². The molecule has 0 bridgehead atoms. The van der Waals surface area contributed by atoms with Crippen molar-refractivity contribution in [2.45, 2.75) is 18.1 Å². The molecule has 1 aliphatic rings. The van der Waals surface area contributed by atoms with E-state index in [4.69, 9.17) is 9.88 Å². The molecule has 2 N–H and O–H groups in total. The summed E-state index contributed by atoms with van der Waals surface area (Å²) in [7, 11) is -3.56. The minimum Gasteiger partial charge on any atom is -0.381 e. The normalized spacial score (nSPS) is 25.0. The van der Waals surface area contributed by atoms with Gasteiger partial charge in [-0.05, 0) is 30.5 Å². The lowest BCUT2D eigenvalue weighted by atomic mass is 9.93. The maximum Gasteiger partial charge on any atom is 0.212 e. The van der Waals surface area contributed by atoms with E-state index in [1.165, 1.54) is 12.1 Å². The highest BCUT2D eigenvalue weighted by molar-refractivity contribution is 7.89. The first-order valence-corrected chi connectivity index (χ1v) is 7.41. The largest absolute Gasteiger partial charge is 0.381 e. The summed E-state index contributed by atoms with van der Waals surface area (Å²) in [5.74, 6) is -0.471. The van der Waals surface area contributed by atoms with Crippen molar-refractivity contribution in [3.8, 4) is 0 Å². The summed E-state index contributed by atoms with van der Waals surface area (Å²) >= 11 is 0. The zero-order valence-corrected chi connectivity index (χ0v) is 10.7. The lowest BCUT2D eigenvalue weighted by molar-refractivity contribution is 0.0572. The molecule has 2 atom stereocenters. The van der Waals surface area contributed by atoms with E-state index in [9.17, 15) is 12.8 Å². The molecule has 1 saturated heterocycles. The summed E-state index contributed by atoms with van der Waals surface area (Å²) in [6.45, 7) is 0.791. The van der Waals surface area contributed by atoms with Crippen LogP contribution in [0.4, 0.5) is 4.39 Å². The first kappa shape index (κ1) is 13.5. The summed E-state index contributed by atoms with van der Waals surface area (Å²) in [6.07, 6.45) is 0.950. The minimum absolute atomic E-state index is 0.167. The van der Waals surface area contributed by atoms with E-state index in [1.54, 1.807) is 12.1 Å². The Balaban J connectivity index is 2.13. The van der Waals surface area contributed by atoms with Crippen molar-refractivity contribution in [2.75, 3.05) is 13.2 Å². The summed E-state index contributed by atoms with van der Waals surface area (Å²) in [5, 5.41) is 4.66. The molecule has 0 spiro atoms. The number of benzene rings is 1. The van der Waals surface area contributed by atoms with Crippen molar-refractivity contribution >= 4 is 10.0 Å². The average molecular weight is 273 g/mol. The van der Waals surface area contributed by atoms with Gasteiger partial charge in [-0.1, -0.05) is 12.1 Å². The van der Waals surface area contributed by atoms with Gasteiger partial charge in [-0.3, -0.25) is 0 Å². The van der Waals surface area contributed by atoms with Crippen LogP contribution in [0.1, 0.15) is 12.0 Å². The van der Waals surface area contributed by atoms with E-state index in [0.29, 0.717) is 26.1 Å². The maximum absolute atomic E-state index is 12.8. The van der Waals surface area contributed by atoms with Crippen LogP contribution in [0.2, 0.25) is 0 Å². The Morgan fingerprint density at radius 1 is 1.33 bits per heavy atom. The molecule has 6 heteroatoms. The minimum atomic E-state index is -3.56. The molecule has 2 unspecified atom stereocenters. The third kappa shape index (κ3) is 3.28. The molecular weight excluding hydrogens is 257 g/mol. The lowest BCUT2D eigenvalue weighted by Crippen LogP contribution is -2.42. The predicted octanol–water partition coefficient (Wildman–Crippen LogP) is 1.06. The van der Waals surface area contributed by atoms with Crippen LogP contribution < -0.4 is 5.14 Å². The number of nitrogens with two attached hydrogens (primary N) is 1. The van der Waals surface area contributed by atoms with Gasteiger partial charge in [0.05, 0.1) is 11.9 Å². The second-order valence-electron chi connectivity index (χ2n) is 4.58. The second-order valence-corrected chi connectivity index (χ2v) is 6.37. The first-order valence-electron chi connectivity index (χ1n) is 5.80. The molecular formula is C12H16FNO3S. The molecule has 18 heavy (non-hydrogen) atoms. The van der Waals surface area contributed by atoms with Crippen molar-refractivity contribution in [1.82, 2.24) is 0 Å². The molecule has 1 fully saturated rings. The number of hydrogen-bond donors (Lipinski definition) is 1. The molecule has 0 aliphatic carbocycles. The van der Waals surface area contributed by atoms with Crippen molar-refractivity contribution < 1.29 is 17.5 Å². The van der Waals surface area contributed by atoms with Gasteiger partial charge in [-0.25, -0.2) is 17.9 Å². The van der Waals surface area contributed by atoms with Crippen molar-refractivity contribution in [3.05, 3.63) is 35.6 Å². The van der Waals surface area contributed by atoms with Crippen LogP contribution in [0.3, 0.4) is 0 Å². The summed E-state index contributed by atoms with van der Waals surface area (Å²) in [6, 6.07) is 6.05. The van der Waals surface area contributed by atoms with Crippen molar-refractivity contribution in [3.63, 3.8) is 0 Å². The van der Waals surface area contributed by atoms with Gasteiger partial charge < -0.3 is 4.74 Å². The Morgan fingerprint density at radius 3 is 2.61 bits per heavy atom. The highest BCUT2D eigenvalue weighted by atomic mass is 32.2. The van der Waals surface area contributed by atoms with Gasteiger partial charge in [0.15, 0.2) is 0 Å². The Bertz CT molecular complexity index is 501. The third-order valence-corrected chi connectivity index (χ3v) is 4.70. The average Bonchev–Trinajstić information content (AvgIpc) is 2.31. The van der Waals surface area contributed by atoms with Crippen molar-refractivity contribution in [2.24, 2.45) is 11.1 Å². The number of primary sulfonamides is 1. The van der Waals surface area contributed by atoms with Gasteiger partial charge in [0.25, 0.3) is 0 Å². The van der Waals surface area contributed by atoms with Crippen LogP contribution >= 0.6 is 0 Å². The monoisotopic (exact) mass is 273 g/mol. The van der Waals surface area contributed by atoms with Crippen LogP contribution in [0.25, 0.3) is 0 Å². The van der Waals surface area contributed by atoms with Gasteiger partial charge in [0.1, 0.15) is 5.82 Å². The number of sulfonamides is 1. The standard InChI is InChI=1S/C12H16FNO3S/c13-11-3-1-9(2-4-11)7-10-8-17-6-5-12(10)18(14,15)16/h1-4,10,12H,5-8H2,(H2,14,15,16). The summed E-state index contributed by atoms with van der Waals surface area (Å²) in [4.78, 5) is 0. The summed E-state index contributed by atoms with van der Waals surface area (Å²) in [5.41, 5.74) is 0.889. The van der Waals surface area contributed by atoms with Crippen molar-refractivity contribution in [1.29, 1.82) is 0 Å². The van der Waals surface area contributed by atoms with E-state index in [-0.39, 0.29) is 11.7 Å². The Morgan fingerprint density at radius 2 is 2.00 bits per heavy atom. The smallest absolute Gasteiger partial charge is 0.212 e. The van der Waals surface area contributed by atoms with E-state index in [1.807, 2.05) is 0 Å². The Labute approximate surface area is 106 Å². The highest BCUT2D eigenvalue weighted by Crippen LogP contribution is 2.24. The lowest BCUT2D eigenvalue weighted by Gasteiger charge is -2.29. The maximum atomic E-state index is 12.8. The SMILES string of the molecule is NS(=O)(=O)C1CCOCC1Cc1ccc(F)cc1. The van der Waals surface area contributed by atoms with Crippen LogP contribution in [0.5, 0.6) is 0 Å². The number of rotatable bonds is 3.